The minimum absolute atomic E-state index is 0.790. The maximum Gasteiger partial charge on any atom is 0.113 e. The zero-order chi connectivity index (χ0) is 6.81. The normalized spacial score (nSPS) is 16.4. The second-order valence-electron chi connectivity index (χ2n) is 2.31. The summed E-state index contributed by atoms with van der Waals surface area (Å²) in [6.07, 6.45) is 4.66. The van der Waals surface area contributed by atoms with E-state index in [1.807, 2.05) is 12.3 Å². The Labute approximate surface area is 59.9 Å². The third kappa shape index (κ3) is 0.907. The first-order valence-electron chi connectivity index (χ1n) is 3.34. The summed E-state index contributed by atoms with van der Waals surface area (Å²) in [7, 11) is 0. The van der Waals surface area contributed by atoms with Gasteiger partial charge in [-0.2, -0.15) is 0 Å². The van der Waals surface area contributed by atoms with E-state index in [0.29, 0.717) is 0 Å². The van der Waals surface area contributed by atoms with Crippen molar-refractivity contribution in [3.63, 3.8) is 0 Å². The predicted octanol–water partition coefficient (Wildman–Crippen LogP) is 1.16. The molecule has 2 heteroatoms. The average Bonchev–Trinajstić information content (AvgIpc) is 2.05. The Hall–Kier alpha value is -0.890. The highest BCUT2D eigenvalue weighted by Gasteiger charge is 2.07. The van der Waals surface area contributed by atoms with Crippen molar-refractivity contribution in [2.45, 2.75) is 6.42 Å². The highest BCUT2D eigenvalue weighted by molar-refractivity contribution is 5.29. The number of pyridine rings is 1. The SMILES string of the molecule is [CH]1OCCc2cnccc21. The molecule has 1 aliphatic rings. The lowest BCUT2D eigenvalue weighted by Gasteiger charge is -2.13. The van der Waals surface area contributed by atoms with Gasteiger partial charge in [0.2, 0.25) is 0 Å². The Balaban J connectivity index is 2.41. The lowest BCUT2D eigenvalue weighted by molar-refractivity contribution is 0.203. The van der Waals surface area contributed by atoms with Crippen LogP contribution in [0.15, 0.2) is 18.5 Å². The number of nitrogens with zero attached hydrogens (tertiary/aromatic N) is 1. The monoisotopic (exact) mass is 134 g/mol. The number of aromatic nitrogens is 1. The van der Waals surface area contributed by atoms with Gasteiger partial charge in [-0.3, -0.25) is 4.98 Å². The fourth-order valence-corrected chi connectivity index (χ4v) is 1.08. The molecule has 0 aromatic carbocycles. The Morgan fingerprint density at radius 3 is 3.40 bits per heavy atom. The van der Waals surface area contributed by atoms with Gasteiger partial charge in [0, 0.05) is 12.4 Å². The van der Waals surface area contributed by atoms with Crippen molar-refractivity contribution in [3.8, 4) is 0 Å². The van der Waals surface area contributed by atoms with E-state index in [-0.39, 0.29) is 0 Å². The van der Waals surface area contributed by atoms with Crippen LogP contribution in [0.25, 0.3) is 0 Å². The molecule has 0 atom stereocenters. The number of hydrogen-bond donors (Lipinski definition) is 0. The van der Waals surface area contributed by atoms with Crippen LogP contribution in [-0.4, -0.2) is 11.6 Å². The van der Waals surface area contributed by atoms with Gasteiger partial charge in [-0.1, -0.05) is 0 Å². The number of hydrogen-bond acceptors (Lipinski definition) is 2. The zero-order valence-electron chi connectivity index (χ0n) is 5.58. The van der Waals surface area contributed by atoms with E-state index in [4.69, 9.17) is 4.74 Å². The maximum atomic E-state index is 5.14. The molecule has 1 radical (unpaired) electrons. The van der Waals surface area contributed by atoms with Crippen molar-refractivity contribution in [3.05, 3.63) is 36.2 Å². The van der Waals surface area contributed by atoms with Crippen LogP contribution in [-0.2, 0) is 11.2 Å². The third-order valence-electron chi connectivity index (χ3n) is 1.64. The molecule has 0 aliphatic carbocycles. The van der Waals surface area contributed by atoms with E-state index in [9.17, 15) is 0 Å². The quantitative estimate of drug-likeness (QED) is 0.531. The van der Waals surface area contributed by atoms with Gasteiger partial charge in [0.25, 0.3) is 0 Å². The average molecular weight is 134 g/mol. The maximum absolute atomic E-state index is 5.14. The van der Waals surface area contributed by atoms with Crippen molar-refractivity contribution < 1.29 is 4.74 Å². The molecule has 0 N–H and O–H groups in total. The van der Waals surface area contributed by atoms with Crippen molar-refractivity contribution in [2.75, 3.05) is 6.61 Å². The van der Waals surface area contributed by atoms with Crippen molar-refractivity contribution in [1.29, 1.82) is 0 Å². The molecular formula is C8H8NO. The summed E-state index contributed by atoms with van der Waals surface area (Å²) >= 11 is 0. The molecule has 0 unspecified atom stereocenters. The molecule has 2 heterocycles. The second kappa shape index (κ2) is 2.39. The first-order valence-corrected chi connectivity index (χ1v) is 3.34. The summed E-state index contributed by atoms with van der Waals surface area (Å²) in [6.45, 7) is 2.58. The zero-order valence-corrected chi connectivity index (χ0v) is 5.58. The first-order chi connectivity index (χ1) is 4.97. The minimum Gasteiger partial charge on any atom is -0.370 e. The Kier molecular flexibility index (Phi) is 1.40. The van der Waals surface area contributed by atoms with E-state index < -0.39 is 0 Å². The highest BCUT2D eigenvalue weighted by Crippen LogP contribution is 2.15. The largest absolute Gasteiger partial charge is 0.370 e. The van der Waals surface area contributed by atoms with Gasteiger partial charge in [0.1, 0.15) is 6.61 Å². The summed E-state index contributed by atoms with van der Waals surface area (Å²) in [4.78, 5) is 4.02. The fourth-order valence-electron chi connectivity index (χ4n) is 1.08. The Morgan fingerprint density at radius 1 is 1.50 bits per heavy atom. The summed E-state index contributed by atoms with van der Waals surface area (Å²) < 4.78 is 5.14. The van der Waals surface area contributed by atoms with Crippen LogP contribution in [0.1, 0.15) is 11.1 Å². The molecule has 10 heavy (non-hydrogen) atoms. The molecule has 2 nitrogen and oxygen atoms in total. The molecular weight excluding hydrogens is 126 g/mol. The fraction of sp³-hybridized carbons (Fsp3) is 0.250. The Bertz CT molecular complexity index is 209. The molecule has 1 aromatic rings. The topological polar surface area (TPSA) is 22.1 Å². The molecule has 0 fully saturated rings. The van der Waals surface area contributed by atoms with E-state index in [0.717, 1.165) is 13.0 Å². The Morgan fingerprint density at radius 2 is 2.50 bits per heavy atom. The number of fused-ring (bicyclic) bond motifs is 1. The van der Waals surface area contributed by atoms with Crippen LogP contribution in [0.3, 0.4) is 0 Å². The minimum atomic E-state index is 0.790. The van der Waals surface area contributed by atoms with Crippen LogP contribution in [0.2, 0.25) is 0 Å². The highest BCUT2D eigenvalue weighted by atomic mass is 16.5. The third-order valence-corrected chi connectivity index (χ3v) is 1.64. The van der Waals surface area contributed by atoms with Crippen LogP contribution in [0.4, 0.5) is 0 Å². The van der Waals surface area contributed by atoms with Crippen LogP contribution >= 0.6 is 0 Å². The summed E-state index contributed by atoms with van der Waals surface area (Å²) in [5.74, 6) is 0. The molecule has 51 valence electrons. The summed E-state index contributed by atoms with van der Waals surface area (Å²) in [5.41, 5.74) is 2.45. The lowest BCUT2D eigenvalue weighted by Crippen LogP contribution is -2.07. The molecule has 0 spiro atoms. The lowest BCUT2D eigenvalue weighted by atomic mass is 10.1. The summed E-state index contributed by atoms with van der Waals surface area (Å²) in [5, 5.41) is 0. The molecule has 1 aliphatic heterocycles. The van der Waals surface area contributed by atoms with Crippen LogP contribution in [0.5, 0.6) is 0 Å². The van der Waals surface area contributed by atoms with Crippen molar-refractivity contribution in [2.24, 2.45) is 0 Å². The smallest absolute Gasteiger partial charge is 0.113 e. The summed E-state index contributed by atoms with van der Waals surface area (Å²) in [6, 6.07) is 1.97. The molecule has 0 amide bonds. The molecule has 2 rings (SSSR count). The van der Waals surface area contributed by atoms with E-state index in [2.05, 4.69) is 4.98 Å². The van der Waals surface area contributed by atoms with Crippen molar-refractivity contribution in [1.82, 2.24) is 4.98 Å². The van der Waals surface area contributed by atoms with Crippen molar-refractivity contribution >= 4 is 0 Å². The second-order valence-corrected chi connectivity index (χ2v) is 2.31. The first kappa shape index (κ1) is 5.86. The van der Waals surface area contributed by atoms with Crippen LogP contribution < -0.4 is 0 Å². The van der Waals surface area contributed by atoms with E-state index in [1.165, 1.54) is 11.1 Å². The van der Waals surface area contributed by atoms with Gasteiger partial charge < -0.3 is 4.74 Å². The molecule has 0 bridgehead atoms. The number of rotatable bonds is 0. The van der Waals surface area contributed by atoms with Gasteiger partial charge in [0.15, 0.2) is 0 Å². The number of ether oxygens (including phenoxy) is 1. The molecule has 0 saturated carbocycles. The van der Waals surface area contributed by atoms with E-state index >= 15 is 0 Å². The van der Waals surface area contributed by atoms with E-state index in [1.54, 1.807) is 12.8 Å². The van der Waals surface area contributed by atoms with Crippen LogP contribution in [0, 0.1) is 6.61 Å². The van der Waals surface area contributed by atoms with Gasteiger partial charge in [-0.15, -0.1) is 0 Å². The molecule has 1 aromatic heterocycles. The van der Waals surface area contributed by atoms with Gasteiger partial charge in [0.05, 0.1) is 6.61 Å². The van der Waals surface area contributed by atoms with Gasteiger partial charge in [-0.25, -0.2) is 0 Å². The standard InChI is InChI=1S/C8H8NO/c1-3-9-5-7-2-4-10-6-8(1)7/h1,3,5-6H,2,4H2. The predicted molar refractivity (Wildman–Crippen MR) is 37.3 cm³/mol. The molecule has 0 saturated heterocycles. The van der Waals surface area contributed by atoms with Gasteiger partial charge in [-0.05, 0) is 23.6 Å². The van der Waals surface area contributed by atoms with Gasteiger partial charge >= 0.3 is 0 Å².